The van der Waals surface area contributed by atoms with Gasteiger partial charge in [0.2, 0.25) is 0 Å². The molecule has 1 amide bonds. The highest BCUT2D eigenvalue weighted by Gasteiger charge is 2.30. The summed E-state index contributed by atoms with van der Waals surface area (Å²) in [5.74, 6) is 0.298. The van der Waals surface area contributed by atoms with Crippen LogP contribution in [0.2, 0.25) is 0 Å². The zero-order valence-corrected chi connectivity index (χ0v) is 14.3. The van der Waals surface area contributed by atoms with E-state index in [0.29, 0.717) is 17.0 Å². The van der Waals surface area contributed by atoms with Gasteiger partial charge in [0.15, 0.2) is 6.10 Å². The summed E-state index contributed by atoms with van der Waals surface area (Å²) in [4.78, 5) is 18.6. The molecule has 0 radical (unpaired) electrons. The predicted octanol–water partition coefficient (Wildman–Crippen LogP) is 4.00. The molecule has 6 heteroatoms. The van der Waals surface area contributed by atoms with Crippen LogP contribution in [0.3, 0.4) is 0 Å². The number of thioether (sulfide) groups is 1. The molecular formula is C19H17FN2O2S. The Labute approximate surface area is 149 Å². The molecule has 128 valence electrons. The Morgan fingerprint density at radius 2 is 2.04 bits per heavy atom. The molecule has 2 heterocycles. The molecule has 0 unspecified atom stereocenters. The first-order valence-electron chi connectivity index (χ1n) is 8.22. The van der Waals surface area contributed by atoms with E-state index in [1.165, 1.54) is 17.8 Å². The normalized spacial score (nSPS) is 21.9. The van der Waals surface area contributed by atoms with E-state index in [-0.39, 0.29) is 23.9 Å². The van der Waals surface area contributed by atoms with Crippen LogP contribution in [0, 0.1) is 5.82 Å². The lowest BCUT2D eigenvalue weighted by Gasteiger charge is -2.26. The van der Waals surface area contributed by atoms with Gasteiger partial charge in [-0.3, -0.25) is 4.79 Å². The number of benzene rings is 2. The minimum atomic E-state index is -0.245. The molecule has 0 bridgehead atoms. The van der Waals surface area contributed by atoms with Gasteiger partial charge in [-0.2, -0.15) is 0 Å². The Balaban J connectivity index is 1.45. The molecule has 2 aliphatic rings. The fraction of sp³-hybridized carbons (Fsp3) is 0.263. The lowest BCUT2D eigenvalue weighted by Crippen LogP contribution is -2.35. The summed E-state index contributed by atoms with van der Waals surface area (Å²) < 4.78 is 13.9. The highest BCUT2D eigenvalue weighted by molar-refractivity contribution is 7.99. The molecule has 0 fully saturated rings. The second kappa shape index (κ2) is 6.88. The Bertz CT molecular complexity index is 825. The second-order valence-corrected chi connectivity index (χ2v) is 7.17. The van der Waals surface area contributed by atoms with Crippen molar-refractivity contribution in [2.75, 3.05) is 5.75 Å². The summed E-state index contributed by atoms with van der Waals surface area (Å²) in [5, 5.41) is 6.94. The van der Waals surface area contributed by atoms with E-state index in [1.54, 1.807) is 6.07 Å². The first-order valence-corrected chi connectivity index (χ1v) is 9.20. The summed E-state index contributed by atoms with van der Waals surface area (Å²) in [6.07, 6.45) is 0.977. The maximum absolute atomic E-state index is 13.9. The topological polar surface area (TPSA) is 50.7 Å². The summed E-state index contributed by atoms with van der Waals surface area (Å²) in [7, 11) is 0. The molecular weight excluding hydrogens is 339 g/mol. The fourth-order valence-electron chi connectivity index (χ4n) is 3.14. The molecule has 0 spiro atoms. The smallest absolute Gasteiger partial charge is 0.269 e. The highest BCUT2D eigenvalue weighted by atomic mass is 32.2. The molecule has 0 aliphatic carbocycles. The van der Waals surface area contributed by atoms with Gasteiger partial charge in [-0.1, -0.05) is 47.6 Å². The zero-order chi connectivity index (χ0) is 17.2. The number of carbonyl (C=O) groups is 1. The third kappa shape index (κ3) is 3.26. The molecule has 0 saturated heterocycles. The van der Waals surface area contributed by atoms with E-state index in [2.05, 4.69) is 10.5 Å². The van der Waals surface area contributed by atoms with Crippen LogP contribution in [0.15, 0.2) is 58.6 Å². The van der Waals surface area contributed by atoms with Gasteiger partial charge < -0.3 is 10.2 Å². The number of nitrogens with zero attached hydrogens (tertiary/aromatic N) is 1. The van der Waals surface area contributed by atoms with Crippen LogP contribution in [0.1, 0.15) is 36.1 Å². The number of fused-ring (bicyclic) bond motifs is 1. The minimum absolute atomic E-state index is 0.196. The van der Waals surface area contributed by atoms with E-state index >= 15 is 0 Å². The number of carbonyl (C=O) groups excluding carboxylic acids is 1. The van der Waals surface area contributed by atoms with Crippen molar-refractivity contribution in [2.24, 2.45) is 5.16 Å². The third-order valence-electron chi connectivity index (χ3n) is 4.43. The van der Waals surface area contributed by atoms with E-state index in [1.807, 2.05) is 36.4 Å². The van der Waals surface area contributed by atoms with Gasteiger partial charge in [0.1, 0.15) is 11.5 Å². The Morgan fingerprint density at radius 3 is 2.88 bits per heavy atom. The van der Waals surface area contributed by atoms with Crippen LogP contribution in [0.25, 0.3) is 0 Å². The average Bonchev–Trinajstić information content (AvgIpc) is 3.14. The Kier molecular flexibility index (Phi) is 4.44. The van der Waals surface area contributed by atoms with Gasteiger partial charge in [-0.25, -0.2) is 4.39 Å². The van der Waals surface area contributed by atoms with Gasteiger partial charge in [0, 0.05) is 17.1 Å². The van der Waals surface area contributed by atoms with E-state index in [9.17, 15) is 9.18 Å². The fourth-order valence-corrected chi connectivity index (χ4v) is 4.28. The number of oxime groups is 1. The van der Waals surface area contributed by atoms with Crippen molar-refractivity contribution < 1.29 is 14.0 Å². The number of rotatable bonds is 3. The molecule has 25 heavy (non-hydrogen) atoms. The quantitative estimate of drug-likeness (QED) is 0.904. The van der Waals surface area contributed by atoms with Crippen molar-refractivity contribution in [1.82, 2.24) is 5.32 Å². The van der Waals surface area contributed by atoms with Crippen molar-refractivity contribution in [3.05, 3.63) is 65.5 Å². The SMILES string of the molecule is O=C(N[C@@H]1CCSc2c(F)cccc21)C1=NO[C@@H](c2ccccc2)C1. The number of nitrogens with one attached hydrogen (secondary N) is 1. The van der Waals surface area contributed by atoms with E-state index in [4.69, 9.17) is 4.84 Å². The van der Waals surface area contributed by atoms with Crippen LogP contribution in [0.4, 0.5) is 4.39 Å². The van der Waals surface area contributed by atoms with Gasteiger partial charge in [-0.05, 0) is 23.6 Å². The molecule has 0 aromatic heterocycles. The van der Waals surface area contributed by atoms with Crippen molar-refractivity contribution in [3.63, 3.8) is 0 Å². The van der Waals surface area contributed by atoms with Crippen molar-refractivity contribution in [1.29, 1.82) is 0 Å². The summed E-state index contributed by atoms with van der Waals surface area (Å²) in [6.45, 7) is 0. The number of amides is 1. The molecule has 2 aromatic carbocycles. The van der Waals surface area contributed by atoms with Crippen LogP contribution >= 0.6 is 11.8 Å². The first kappa shape index (κ1) is 16.1. The number of halogens is 1. The minimum Gasteiger partial charge on any atom is -0.387 e. The second-order valence-electron chi connectivity index (χ2n) is 6.07. The largest absolute Gasteiger partial charge is 0.387 e. The lowest BCUT2D eigenvalue weighted by molar-refractivity contribution is -0.115. The maximum atomic E-state index is 13.9. The van der Waals surface area contributed by atoms with Crippen LogP contribution < -0.4 is 5.32 Å². The molecule has 2 atom stereocenters. The molecule has 2 aliphatic heterocycles. The van der Waals surface area contributed by atoms with E-state index < -0.39 is 0 Å². The van der Waals surface area contributed by atoms with E-state index in [0.717, 1.165) is 23.3 Å². The van der Waals surface area contributed by atoms with Crippen molar-refractivity contribution >= 4 is 23.4 Å². The number of hydrogen-bond acceptors (Lipinski definition) is 4. The zero-order valence-electron chi connectivity index (χ0n) is 13.4. The predicted molar refractivity (Wildman–Crippen MR) is 94.9 cm³/mol. The molecule has 0 saturated carbocycles. The monoisotopic (exact) mass is 356 g/mol. The van der Waals surface area contributed by atoms with Gasteiger partial charge in [0.25, 0.3) is 5.91 Å². The Morgan fingerprint density at radius 1 is 1.20 bits per heavy atom. The first-order chi connectivity index (χ1) is 12.2. The average molecular weight is 356 g/mol. The molecule has 2 aromatic rings. The van der Waals surface area contributed by atoms with Gasteiger partial charge in [-0.15, -0.1) is 11.8 Å². The summed E-state index contributed by atoms with van der Waals surface area (Å²) in [5.41, 5.74) is 2.21. The highest BCUT2D eigenvalue weighted by Crippen LogP contribution is 2.38. The van der Waals surface area contributed by atoms with Gasteiger partial charge >= 0.3 is 0 Å². The standard InChI is InChI=1S/C19H17FN2O2S/c20-14-8-4-7-13-15(9-10-25-18(13)14)21-19(23)16-11-17(24-22-16)12-5-2-1-3-6-12/h1-8,15,17H,9-11H2,(H,21,23)/t15-,17-/m1/s1. The van der Waals surface area contributed by atoms with Crippen LogP contribution in [0.5, 0.6) is 0 Å². The summed E-state index contributed by atoms with van der Waals surface area (Å²) >= 11 is 1.49. The molecule has 4 nitrogen and oxygen atoms in total. The van der Waals surface area contributed by atoms with Crippen LogP contribution in [-0.4, -0.2) is 17.4 Å². The van der Waals surface area contributed by atoms with Crippen LogP contribution in [-0.2, 0) is 9.63 Å². The van der Waals surface area contributed by atoms with Gasteiger partial charge in [0.05, 0.1) is 6.04 Å². The summed E-state index contributed by atoms with van der Waals surface area (Å²) in [6, 6.07) is 14.5. The number of hydrogen-bond donors (Lipinski definition) is 1. The Hall–Kier alpha value is -2.34. The van der Waals surface area contributed by atoms with Crippen molar-refractivity contribution in [3.8, 4) is 0 Å². The maximum Gasteiger partial charge on any atom is 0.269 e. The lowest BCUT2D eigenvalue weighted by atomic mass is 10.0. The molecule has 4 rings (SSSR count). The third-order valence-corrected chi connectivity index (χ3v) is 5.59. The molecule has 1 N–H and O–H groups in total. The van der Waals surface area contributed by atoms with Crippen molar-refractivity contribution in [2.45, 2.75) is 29.9 Å².